The van der Waals surface area contributed by atoms with E-state index in [1.165, 1.54) is 6.07 Å². The molecule has 0 radical (unpaired) electrons. The van der Waals surface area contributed by atoms with Gasteiger partial charge in [-0.25, -0.2) is 0 Å². The minimum absolute atomic E-state index is 0.167. The van der Waals surface area contributed by atoms with E-state index in [1.807, 2.05) is 0 Å². The zero-order valence-electron chi connectivity index (χ0n) is 8.16. The summed E-state index contributed by atoms with van der Waals surface area (Å²) in [6, 6.07) is 3.44. The number of halogens is 4. The Morgan fingerprint density at radius 3 is 2.47 bits per heavy atom. The third-order valence-corrected chi connectivity index (χ3v) is 2.38. The average Bonchev–Trinajstić information content (AvgIpc) is 2.14. The van der Waals surface area contributed by atoms with Gasteiger partial charge in [-0.1, -0.05) is 17.7 Å². The summed E-state index contributed by atoms with van der Waals surface area (Å²) in [5.41, 5.74) is 0.0136. The topological polar surface area (TPSA) is 12.0 Å². The van der Waals surface area contributed by atoms with Gasteiger partial charge in [0.2, 0.25) is 0 Å². The molecule has 5 heteroatoms. The molecule has 0 aliphatic rings. The molecule has 0 aromatic heterocycles. The molecule has 0 aliphatic heterocycles. The molecule has 0 saturated heterocycles. The van der Waals surface area contributed by atoms with Crippen LogP contribution in [0.2, 0.25) is 5.02 Å². The van der Waals surface area contributed by atoms with E-state index in [0.29, 0.717) is 13.0 Å². The Balaban J connectivity index is 2.88. The minimum atomic E-state index is -4.33. The number of alkyl halides is 3. The van der Waals surface area contributed by atoms with Crippen LogP contribution in [-0.2, 0) is 12.6 Å². The van der Waals surface area contributed by atoms with Gasteiger partial charge in [-0.2, -0.15) is 13.2 Å². The Morgan fingerprint density at radius 1 is 1.33 bits per heavy atom. The summed E-state index contributed by atoms with van der Waals surface area (Å²) in [4.78, 5) is 0. The van der Waals surface area contributed by atoms with E-state index >= 15 is 0 Å². The van der Waals surface area contributed by atoms with Gasteiger partial charge in [0.1, 0.15) is 0 Å². The second-order valence-corrected chi connectivity index (χ2v) is 3.56. The van der Waals surface area contributed by atoms with Crippen LogP contribution in [0.5, 0.6) is 0 Å². The van der Waals surface area contributed by atoms with E-state index in [0.717, 1.165) is 17.7 Å². The second-order valence-electron chi connectivity index (χ2n) is 3.16. The van der Waals surface area contributed by atoms with E-state index in [4.69, 9.17) is 11.6 Å². The molecule has 1 rings (SSSR count). The number of benzene rings is 1. The van der Waals surface area contributed by atoms with Gasteiger partial charge in [0, 0.05) is 5.02 Å². The second kappa shape index (κ2) is 4.86. The zero-order valence-corrected chi connectivity index (χ0v) is 8.91. The van der Waals surface area contributed by atoms with Crippen molar-refractivity contribution < 1.29 is 13.2 Å². The van der Waals surface area contributed by atoms with Crippen LogP contribution >= 0.6 is 11.6 Å². The maximum Gasteiger partial charge on any atom is 0.416 e. The highest BCUT2D eigenvalue weighted by Crippen LogP contribution is 2.32. The molecule has 0 bridgehead atoms. The lowest BCUT2D eigenvalue weighted by Gasteiger charge is -2.09. The minimum Gasteiger partial charge on any atom is -0.319 e. The Morgan fingerprint density at radius 2 is 2.00 bits per heavy atom. The van der Waals surface area contributed by atoms with E-state index in [1.54, 1.807) is 7.05 Å². The lowest BCUT2D eigenvalue weighted by molar-refractivity contribution is -0.137. The summed E-state index contributed by atoms with van der Waals surface area (Å²) in [6.45, 7) is 0.686. The van der Waals surface area contributed by atoms with Gasteiger partial charge in [0.05, 0.1) is 5.56 Å². The van der Waals surface area contributed by atoms with Crippen molar-refractivity contribution in [2.75, 3.05) is 13.6 Å². The summed E-state index contributed by atoms with van der Waals surface area (Å²) in [7, 11) is 1.78. The zero-order chi connectivity index (χ0) is 11.5. The number of hydrogen-bond acceptors (Lipinski definition) is 1. The van der Waals surface area contributed by atoms with Gasteiger partial charge in [-0.05, 0) is 37.7 Å². The summed E-state index contributed by atoms with van der Waals surface area (Å²) < 4.78 is 36.8. The Kier molecular flexibility index (Phi) is 3.99. The third-order valence-electron chi connectivity index (χ3n) is 2.02. The molecule has 0 heterocycles. The predicted molar refractivity (Wildman–Crippen MR) is 54.1 cm³/mol. The van der Waals surface area contributed by atoms with Crippen LogP contribution in [0.3, 0.4) is 0 Å². The van der Waals surface area contributed by atoms with Crippen molar-refractivity contribution in [3.05, 3.63) is 34.3 Å². The largest absolute Gasteiger partial charge is 0.416 e. The van der Waals surface area contributed by atoms with Gasteiger partial charge < -0.3 is 5.32 Å². The molecule has 1 aromatic rings. The average molecular weight is 238 g/mol. The van der Waals surface area contributed by atoms with Crippen molar-refractivity contribution in [1.29, 1.82) is 0 Å². The van der Waals surface area contributed by atoms with E-state index in [-0.39, 0.29) is 5.02 Å². The molecule has 0 aliphatic carbocycles. The summed E-state index contributed by atoms with van der Waals surface area (Å²) in [5.74, 6) is 0. The fourth-order valence-corrected chi connectivity index (χ4v) is 1.46. The van der Waals surface area contributed by atoms with Crippen LogP contribution in [-0.4, -0.2) is 13.6 Å². The van der Waals surface area contributed by atoms with Crippen molar-refractivity contribution in [2.45, 2.75) is 12.6 Å². The standard InChI is InChI=1S/C10H11ClF3N/c1-15-5-4-7-2-3-8(6-9(7)11)10(12,13)14/h2-3,6,15H,4-5H2,1H3. The molecule has 1 N–H and O–H groups in total. The smallest absolute Gasteiger partial charge is 0.319 e. The van der Waals surface area contributed by atoms with E-state index in [2.05, 4.69) is 5.32 Å². The molecule has 0 atom stereocenters. The summed E-state index contributed by atoms with van der Waals surface area (Å²) in [5, 5.41) is 3.07. The van der Waals surface area contributed by atoms with Crippen LogP contribution in [0.15, 0.2) is 18.2 Å². The molecular weight excluding hydrogens is 227 g/mol. The van der Waals surface area contributed by atoms with Gasteiger partial charge >= 0.3 is 6.18 Å². The Bertz CT molecular complexity index is 336. The summed E-state index contributed by atoms with van der Waals surface area (Å²) >= 11 is 5.74. The molecule has 1 nitrogen and oxygen atoms in total. The van der Waals surface area contributed by atoms with Gasteiger partial charge in [-0.15, -0.1) is 0 Å². The quantitative estimate of drug-likeness (QED) is 0.852. The first-order valence-electron chi connectivity index (χ1n) is 4.45. The van der Waals surface area contributed by atoms with E-state index in [9.17, 15) is 13.2 Å². The molecule has 0 spiro atoms. The lowest BCUT2D eigenvalue weighted by atomic mass is 10.1. The number of likely N-dealkylation sites (N-methyl/N-ethyl adjacent to an activating group) is 1. The van der Waals surface area contributed by atoms with Crippen molar-refractivity contribution in [2.24, 2.45) is 0 Å². The maximum absolute atomic E-state index is 12.3. The molecule has 84 valence electrons. The predicted octanol–water partition coefficient (Wildman–Crippen LogP) is 3.12. The van der Waals surface area contributed by atoms with Gasteiger partial charge in [0.25, 0.3) is 0 Å². The van der Waals surface area contributed by atoms with Crippen molar-refractivity contribution in [3.63, 3.8) is 0 Å². The third kappa shape index (κ3) is 3.39. The fraction of sp³-hybridized carbons (Fsp3) is 0.400. The molecule has 1 aromatic carbocycles. The van der Waals surface area contributed by atoms with Crippen molar-refractivity contribution >= 4 is 11.6 Å². The first-order valence-corrected chi connectivity index (χ1v) is 4.83. The fourth-order valence-electron chi connectivity index (χ4n) is 1.19. The summed E-state index contributed by atoms with van der Waals surface area (Å²) in [6.07, 6.45) is -3.71. The molecule has 15 heavy (non-hydrogen) atoms. The highest BCUT2D eigenvalue weighted by molar-refractivity contribution is 6.31. The monoisotopic (exact) mass is 237 g/mol. The maximum atomic E-state index is 12.3. The van der Waals surface area contributed by atoms with E-state index < -0.39 is 11.7 Å². The first-order chi connectivity index (χ1) is 6.95. The number of nitrogens with one attached hydrogen (secondary N) is 1. The van der Waals surface area contributed by atoms with Crippen LogP contribution in [0.4, 0.5) is 13.2 Å². The van der Waals surface area contributed by atoms with Crippen LogP contribution < -0.4 is 5.32 Å². The molecule has 0 unspecified atom stereocenters. The van der Waals surface area contributed by atoms with Crippen molar-refractivity contribution in [3.8, 4) is 0 Å². The van der Waals surface area contributed by atoms with Crippen LogP contribution in [0.25, 0.3) is 0 Å². The van der Waals surface area contributed by atoms with Crippen LogP contribution in [0, 0.1) is 0 Å². The number of rotatable bonds is 3. The molecule has 0 amide bonds. The van der Waals surface area contributed by atoms with Gasteiger partial charge in [-0.3, -0.25) is 0 Å². The SMILES string of the molecule is CNCCc1ccc(C(F)(F)F)cc1Cl. The van der Waals surface area contributed by atoms with Crippen LogP contribution in [0.1, 0.15) is 11.1 Å². The molecule has 0 saturated carbocycles. The number of hydrogen-bond donors (Lipinski definition) is 1. The normalized spacial score (nSPS) is 11.8. The Labute approximate surface area is 91.2 Å². The lowest BCUT2D eigenvalue weighted by Crippen LogP contribution is -2.11. The highest BCUT2D eigenvalue weighted by atomic mass is 35.5. The van der Waals surface area contributed by atoms with Gasteiger partial charge in [0.15, 0.2) is 0 Å². The Hall–Kier alpha value is -0.740. The molecular formula is C10H11ClF3N. The first kappa shape index (κ1) is 12.3. The molecule has 0 fully saturated rings. The van der Waals surface area contributed by atoms with Crippen molar-refractivity contribution in [1.82, 2.24) is 5.32 Å². The highest BCUT2D eigenvalue weighted by Gasteiger charge is 2.30.